The first-order valence-electron chi connectivity index (χ1n) is 5.35. The molecule has 2 rings (SSSR count). The van der Waals surface area contributed by atoms with Crippen molar-refractivity contribution in [3.63, 3.8) is 0 Å². The van der Waals surface area contributed by atoms with Crippen molar-refractivity contribution in [2.45, 2.75) is 27.7 Å². The Hall–Kier alpha value is 0.0331. The Morgan fingerprint density at radius 3 is 1.61 bits per heavy atom. The summed E-state index contributed by atoms with van der Waals surface area (Å²) in [6.45, 7) is 8.68. The maximum atomic E-state index is 3.34. The van der Waals surface area contributed by atoms with E-state index >= 15 is 0 Å². The van der Waals surface area contributed by atoms with Gasteiger partial charge in [0.1, 0.15) is 0 Å². The minimum atomic E-state index is 0. The van der Waals surface area contributed by atoms with Crippen molar-refractivity contribution in [1.82, 2.24) is 0 Å². The number of hydrogen-bond donors (Lipinski definition) is 0. The summed E-state index contributed by atoms with van der Waals surface area (Å²) in [5.74, 6) is 0. The zero-order chi connectivity index (χ0) is 12.6. The van der Waals surface area contributed by atoms with Gasteiger partial charge in [0.15, 0.2) is 0 Å². The topological polar surface area (TPSA) is 0 Å². The molecule has 0 aliphatic rings. The first-order valence-corrected chi connectivity index (χ1v) is 7.09. The van der Waals surface area contributed by atoms with Crippen LogP contribution in [0.25, 0.3) is 0 Å². The first kappa shape index (κ1) is 23.2. The van der Waals surface area contributed by atoms with E-state index in [2.05, 4.69) is 38.0 Å². The Labute approximate surface area is 139 Å². The molecule has 0 heterocycles. The fraction of sp³-hybridized carbons (Fsp3) is 0.267. The van der Waals surface area contributed by atoms with Crippen molar-refractivity contribution in [2.24, 2.45) is 0 Å². The second-order valence-electron chi connectivity index (χ2n) is 3.72. The van der Waals surface area contributed by atoms with Crippen molar-refractivity contribution in [1.29, 1.82) is 0 Å². The van der Waals surface area contributed by atoms with Gasteiger partial charge in [-0.25, -0.2) is 12.1 Å². The molecule has 0 aliphatic carbocycles. The molecule has 0 fully saturated rings. The molecule has 0 bridgehead atoms. The molecule has 0 nitrogen and oxygen atoms in total. The normalized spacial score (nSPS) is 7.67. The third kappa shape index (κ3) is 8.19. The van der Waals surface area contributed by atoms with E-state index in [0.717, 1.165) is 0 Å². The Morgan fingerprint density at radius 2 is 1.50 bits per heavy atom. The van der Waals surface area contributed by atoms with Crippen LogP contribution < -0.4 is 24.8 Å². The minimum absolute atomic E-state index is 0. The third-order valence-electron chi connectivity index (χ3n) is 2.73. The molecule has 2 aromatic rings. The van der Waals surface area contributed by atoms with E-state index in [0.29, 0.717) is 0 Å². The largest absolute Gasteiger partial charge is 1.00 e. The summed E-state index contributed by atoms with van der Waals surface area (Å²) >= 11 is 1.30. The summed E-state index contributed by atoms with van der Waals surface area (Å²) in [6, 6.07) is 12.2. The average molecular weight is 362 g/mol. The molecule has 18 heavy (non-hydrogen) atoms. The maximum Gasteiger partial charge on any atom is -0.172 e. The molecule has 0 aromatic heterocycles. The second-order valence-corrected chi connectivity index (χ2v) is 3.72. The molecule has 2 aromatic carbocycles. The van der Waals surface area contributed by atoms with Crippen LogP contribution in [0.2, 0.25) is 0 Å². The number of halogens is 2. The molecule has 3 heteroatoms. The first-order chi connectivity index (χ1) is 7.63. The van der Waals surface area contributed by atoms with Crippen LogP contribution in [0.5, 0.6) is 0 Å². The molecule has 0 N–H and O–H groups in total. The molecule has 0 aliphatic heterocycles. The van der Waals surface area contributed by atoms with Crippen molar-refractivity contribution < 1.29 is 49.0 Å². The molecule has 0 spiro atoms. The monoisotopic (exact) mass is 360 g/mol. The van der Waals surface area contributed by atoms with Crippen LogP contribution in [0, 0.1) is 27.7 Å². The molecule has 0 saturated heterocycles. The van der Waals surface area contributed by atoms with Crippen LogP contribution >= 0.6 is 0 Å². The van der Waals surface area contributed by atoms with Crippen molar-refractivity contribution in [2.75, 3.05) is 0 Å². The van der Waals surface area contributed by atoms with Gasteiger partial charge in [0, 0.05) is 0 Å². The summed E-state index contributed by atoms with van der Waals surface area (Å²) in [6.07, 6.45) is 0. The van der Waals surface area contributed by atoms with E-state index in [1.54, 1.807) is 0 Å². The maximum absolute atomic E-state index is 3.34. The van der Waals surface area contributed by atoms with E-state index in [1.807, 2.05) is 30.3 Å². The second kappa shape index (κ2) is 13.5. The van der Waals surface area contributed by atoms with Crippen LogP contribution in [0.1, 0.15) is 22.3 Å². The average Bonchev–Trinajstić information content (AvgIpc) is 2.93. The van der Waals surface area contributed by atoms with Gasteiger partial charge in [-0.05, 0) is 0 Å². The summed E-state index contributed by atoms with van der Waals surface area (Å²) < 4.78 is 3.34. The molecule has 0 atom stereocenters. The molecule has 0 radical (unpaired) electrons. The van der Waals surface area contributed by atoms with E-state index in [4.69, 9.17) is 0 Å². The van der Waals surface area contributed by atoms with E-state index in [-0.39, 0.29) is 24.8 Å². The van der Waals surface area contributed by atoms with Crippen molar-refractivity contribution >= 4 is 4.21 Å². The standard InChI is InChI=1S/C9H13.C5H5.CH2.2ClH.Zr/c1-6-5-7(2)9(4)8(6)3;1-2-4-5-3-1;;;;/h5H,1-4H3;1-5H;1H2;2*1H;/q2*-1;;;;+2/p-2. The van der Waals surface area contributed by atoms with Gasteiger partial charge < -0.3 is 24.8 Å². The SMILES string of the molecule is Cc1c[c-](C)c(C)c1C.[CH2]=[Zr+2].[Cl-].[Cl-].c1cc[cH-]c1. The van der Waals surface area contributed by atoms with Gasteiger partial charge in [0.05, 0.1) is 0 Å². The van der Waals surface area contributed by atoms with Crippen LogP contribution in [0.15, 0.2) is 36.4 Å². The molecule has 100 valence electrons. The van der Waals surface area contributed by atoms with Crippen LogP contribution in [-0.2, 0) is 24.2 Å². The molecular weight excluding hydrogens is 342 g/mol. The van der Waals surface area contributed by atoms with E-state index < -0.39 is 0 Å². The Bertz CT molecular complexity index is 349. The molecule has 0 amide bonds. The minimum Gasteiger partial charge on any atom is -1.00 e. The van der Waals surface area contributed by atoms with Crippen molar-refractivity contribution in [3.8, 4) is 0 Å². The van der Waals surface area contributed by atoms with Crippen LogP contribution in [-0.4, -0.2) is 4.21 Å². The third-order valence-corrected chi connectivity index (χ3v) is 2.73. The fourth-order valence-electron chi connectivity index (χ4n) is 1.45. The smallest absolute Gasteiger partial charge is 0.172 e. The van der Waals surface area contributed by atoms with Gasteiger partial charge in [-0.1, -0.05) is 27.7 Å². The van der Waals surface area contributed by atoms with E-state index in [9.17, 15) is 0 Å². The Morgan fingerprint density at radius 1 is 1.06 bits per heavy atom. The number of hydrogen-bond acceptors (Lipinski definition) is 0. The summed E-state index contributed by atoms with van der Waals surface area (Å²) in [7, 11) is 0. The van der Waals surface area contributed by atoms with Gasteiger partial charge in [-0.15, -0.1) is 0 Å². The quantitative estimate of drug-likeness (QED) is 0.477. The van der Waals surface area contributed by atoms with Gasteiger partial charge >= 0.3 is 28.4 Å². The van der Waals surface area contributed by atoms with Crippen LogP contribution in [0.4, 0.5) is 0 Å². The Kier molecular flexibility index (Phi) is 17.3. The Balaban J connectivity index is -0.000000217. The zero-order valence-corrected chi connectivity index (χ0v) is 15.4. The summed E-state index contributed by atoms with van der Waals surface area (Å²) in [5.41, 5.74) is 5.75. The summed E-state index contributed by atoms with van der Waals surface area (Å²) in [4.78, 5) is 0. The molecule has 0 saturated carbocycles. The van der Waals surface area contributed by atoms with Gasteiger partial charge in [0.25, 0.3) is 0 Å². The number of rotatable bonds is 0. The summed E-state index contributed by atoms with van der Waals surface area (Å²) in [5, 5.41) is 0. The molecule has 0 unspecified atom stereocenters. The fourth-order valence-corrected chi connectivity index (χ4v) is 1.45. The van der Waals surface area contributed by atoms with Gasteiger partial charge in [-0.2, -0.15) is 46.5 Å². The molecular formula is C15H20Cl2Zr-2. The predicted molar refractivity (Wildman–Crippen MR) is 70.1 cm³/mol. The van der Waals surface area contributed by atoms with E-state index in [1.165, 1.54) is 46.5 Å². The van der Waals surface area contributed by atoms with Crippen molar-refractivity contribution in [3.05, 3.63) is 58.7 Å². The van der Waals surface area contributed by atoms with Gasteiger partial charge in [-0.3, -0.25) is 0 Å². The van der Waals surface area contributed by atoms with Gasteiger partial charge in [0.2, 0.25) is 0 Å². The number of aryl methyl sites for hydroxylation is 2. The zero-order valence-electron chi connectivity index (χ0n) is 11.4. The predicted octanol–water partition coefficient (Wildman–Crippen LogP) is -1.98. The van der Waals surface area contributed by atoms with Crippen LogP contribution in [0.3, 0.4) is 0 Å².